The molecule has 0 aliphatic carbocycles. The van der Waals surface area contributed by atoms with Crippen molar-refractivity contribution in [3.05, 3.63) is 34.3 Å². The Morgan fingerprint density at radius 3 is 2.91 bits per heavy atom. The molecular formula is C11H12BrN6O4P. The van der Waals surface area contributed by atoms with Gasteiger partial charge < -0.3 is 18.9 Å². The summed E-state index contributed by atoms with van der Waals surface area (Å²) in [5.74, 6) is 0.288. The van der Waals surface area contributed by atoms with E-state index < -0.39 is 13.7 Å². The van der Waals surface area contributed by atoms with Crippen molar-refractivity contribution >= 4 is 34.6 Å². The number of ether oxygens (including phenoxy) is 1. The molecule has 0 radical (unpaired) electrons. The summed E-state index contributed by atoms with van der Waals surface area (Å²) in [5.41, 5.74) is 0.453. The van der Waals surface area contributed by atoms with Gasteiger partial charge in [0.25, 0.3) is 0 Å². The maximum atomic E-state index is 11.8. The van der Waals surface area contributed by atoms with Crippen LogP contribution in [0.25, 0.3) is 5.65 Å². The van der Waals surface area contributed by atoms with E-state index in [9.17, 15) is 14.4 Å². The third-order valence-electron chi connectivity index (χ3n) is 3.25. The van der Waals surface area contributed by atoms with Gasteiger partial charge in [-0.3, -0.25) is 4.57 Å². The van der Waals surface area contributed by atoms with Crippen molar-refractivity contribution in [3.8, 4) is 0 Å². The molecule has 0 saturated heterocycles. The highest BCUT2D eigenvalue weighted by molar-refractivity contribution is 9.10. The maximum absolute atomic E-state index is 11.8. The molecule has 10 nitrogen and oxygen atoms in total. The summed E-state index contributed by atoms with van der Waals surface area (Å²) in [7, 11) is -3.10. The maximum Gasteiger partial charge on any atom is 0.376 e. The first-order valence-electron chi connectivity index (χ1n) is 6.39. The van der Waals surface area contributed by atoms with E-state index in [0.717, 1.165) is 4.47 Å². The standard InChI is InChI=1S/C11H12BrN6O4P/c1-22-8(10-14-16-17-15-10)5-7-11(23(19,20)21)13-9-4-6(12)2-3-18(7)9/h2-4,8H,5H2,1H3,(H2,19,20,21)(H,14,15,16,17). The lowest BCUT2D eigenvalue weighted by Gasteiger charge is -2.12. The van der Waals surface area contributed by atoms with Crippen LogP contribution >= 0.6 is 23.5 Å². The predicted octanol–water partition coefficient (Wildman–Crippen LogP) is 0.343. The van der Waals surface area contributed by atoms with Gasteiger partial charge in [0, 0.05) is 24.2 Å². The lowest BCUT2D eigenvalue weighted by atomic mass is 10.2. The molecule has 3 N–H and O–H groups in total. The summed E-state index contributed by atoms with van der Waals surface area (Å²) in [5, 5.41) is 13.5. The number of nitrogens with zero attached hydrogens (tertiary/aromatic N) is 5. The SMILES string of the molecule is COC(Cc1c(P(=O)(O)O)nc2cc(Br)ccn12)c1nn[nH]n1. The van der Waals surface area contributed by atoms with Crippen LogP contribution in [0.4, 0.5) is 0 Å². The fourth-order valence-corrected chi connectivity index (χ4v) is 3.33. The lowest BCUT2D eigenvalue weighted by molar-refractivity contribution is 0.0953. The average molecular weight is 403 g/mol. The summed E-state index contributed by atoms with van der Waals surface area (Å²) >= 11 is 3.31. The van der Waals surface area contributed by atoms with E-state index >= 15 is 0 Å². The van der Waals surface area contributed by atoms with Crippen molar-refractivity contribution in [1.82, 2.24) is 30.0 Å². The first-order chi connectivity index (χ1) is 10.9. The molecule has 12 heteroatoms. The van der Waals surface area contributed by atoms with Crippen LogP contribution in [0, 0.1) is 0 Å². The van der Waals surface area contributed by atoms with E-state index in [0.29, 0.717) is 11.3 Å². The second kappa shape index (κ2) is 6.10. The van der Waals surface area contributed by atoms with Crippen LogP contribution in [-0.2, 0) is 15.7 Å². The van der Waals surface area contributed by atoms with Crippen molar-refractivity contribution < 1.29 is 19.1 Å². The Hall–Kier alpha value is -1.65. The number of rotatable bonds is 5. The highest BCUT2D eigenvalue weighted by atomic mass is 79.9. The van der Waals surface area contributed by atoms with Gasteiger partial charge in [-0.2, -0.15) is 5.21 Å². The van der Waals surface area contributed by atoms with E-state index in [1.54, 1.807) is 22.7 Å². The Labute approximate surface area is 138 Å². The van der Waals surface area contributed by atoms with Crippen molar-refractivity contribution in [3.63, 3.8) is 0 Å². The highest BCUT2D eigenvalue weighted by Gasteiger charge is 2.30. The minimum absolute atomic E-state index is 0.124. The molecule has 0 fully saturated rings. The van der Waals surface area contributed by atoms with Gasteiger partial charge in [-0.1, -0.05) is 21.1 Å². The van der Waals surface area contributed by atoms with Gasteiger partial charge in [0.2, 0.25) is 5.82 Å². The van der Waals surface area contributed by atoms with E-state index in [-0.39, 0.29) is 17.7 Å². The Kier molecular flexibility index (Phi) is 4.30. The summed E-state index contributed by atoms with van der Waals surface area (Å²) < 4.78 is 19.5. The summed E-state index contributed by atoms with van der Waals surface area (Å²) in [6.07, 6.45) is 1.17. The fourth-order valence-electron chi connectivity index (χ4n) is 2.24. The second-order valence-corrected chi connectivity index (χ2v) is 7.13. The summed E-state index contributed by atoms with van der Waals surface area (Å²) in [4.78, 5) is 23.2. The quantitative estimate of drug-likeness (QED) is 0.519. The molecule has 0 spiro atoms. The van der Waals surface area contributed by atoms with E-state index in [1.165, 1.54) is 7.11 Å². The van der Waals surface area contributed by atoms with Crippen molar-refractivity contribution in [1.29, 1.82) is 0 Å². The number of fused-ring (bicyclic) bond motifs is 1. The highest BCUT2D eigenvalue weighted by Crippen LogP contribution is 2.36. The third-order valence-corrected chi connectivity index (χ3v) is 4.66. The molecule has 3 aromatic rings. The number of hydrogen-bond donors (Lipinski definition) is 3. The number of hydrogen-bond acceptors (Lipinski definition) is 6. The number of tetrazole rings is 1. The number of H-pyrrole nitrogens is 1. The van der Waals surface area contributed by atoms with E-state index in [2.05, 4.69) is 41.5 Å². The van der Waals surface area contributed by atoms with Gasteiger partial charge in [0.1, 0.15) is 11.8 Å². The number of aromatic nitrogens is 6. The molecule has 0 saturated carbocycles. The average Bonchev–Trinajstić information content (AvgIpc) is 3.11. The summed E-state index contributed by atoms with van der Waals surface area (Å²) in [6.45, 7) is 0. The normalized spacial score (nSPS) is 13.6. The van der Waals surface area contributed by atoms with E-state index in [1.807, 2.05) is 0 Å². The van der Waals surface area contributed by atoms with Gasteiger partial charge >= 0.3 is 7.60 Å². The van der Waals surface area contributed by atoms with Crippen LogP contribution in [0.15, 0.2) is 22.8 Å². The molecule has 23 heavy (non-hydrogen) atoms. The summed E-state index contributed by atoms with van der Waals surface area (Å²) in [6, 6.07) is 3.41. The molecule has 0 aromatic carbocycles. The predicted molar refractivity (Wildman–Crippen MR) is 82.2 cm³/mol. The zero-order valence-electron chi connectivity index (χ0n) is 11.8. The zero-order chi connectivity index (χ0) is 16.6. The first kappa shape index (κ1) is 16.2. The van der Waals surface area contributed by atoms with Gasteiger partial charge in [0.05, 0.1) is 5.69 Å². The van der Waals surface area contributed by atoms with Crippen molar-refractivity contribution in [2.24, 2.45) is 0 Å². The van der Waals surface area contributed by atoms with Crippen LogP contribution < -0.4 is 5.44 Å². The third kappa shape index (κ3) is 3.19. The molecule has 1 atom stereocenters. The van der Waals surface area contributed by atoms with Crippen LogP contribution in [0.3, 0.4) is 0 Å². The molecule has 0 amide bonds. The Morgan fingerprint density at radius 2 is 2.30 bits per heavy atom. The van der Waals surface area contributed by atoms with Gasteiger partial charge in [0.15, 0.2) is 5.44 Å². The molecule has 3 aromatic heterocycles. The molecule has 0 aliphatic heterocycles. The van der Waals surface area contributed by atoms with Crippen molar-refractivity contribution in [2.45, 2.75) is 12.5 Å². The number of methoxy groups -OCH3 is 1. The molecule has 1 unspecified atom stereocenters. The number of halogens is 1. The Morgan fingerprint density at radius 1 is 1.52 bits per heavy atom. The van der Waals surface area contributed by atoms with Crippen molar-refractivity contribution in [2.75, 3.05) is 7.11 Å². The molecule has 122 valence electrons. The number of imidazole rings is 1. The smallest absolute Gasteiger partial charge is 0.373 e. The van der Waals surface area contributed by atoms with E-state index in [4.69, 9.17) is 4.74 Å². The molecule has 3 rings (SSSR count). The monoisotopic (exact) mass is 402 g/mol. The first-order valence-corrected chi connectivity index (χ1v) is 8.79. The molecule has 0 aliphatic rings. The van der Waals surface area contributed by atoms with Crippen LogP contribution in [-0.4, -0.2) is 46.9 Å². The van der Waals surface area contributed by atoms with Crippen LogP contribution in [0.5, 0.6) is 0 Å². The van der Waals surface area contributed by atoms with Gasteiger partial charge in [-0.15, -0.1) is 10.2 Å². The number of nitrogens with one attached hydrogen (secondary N) is 1. The Balaban J connectivity index is 2.13. The van der Waals surface area contributed by atoms with Gasteiger partial charge in [-0.05, 0) is 12.1 Å². The molecule has 3 heterocycles. The van der Waals surface area contributed by atoms with Crippen LogP contribution in [0.2, 0.25) is 0 Å². The minimum atomic E-state index is -4.55. The van der Waals surface area contributed by atoms with Crippen LogP contribution in [0.1, 0.15) is 17.6 Å². The second-order valence-electron chi connectivity index (χ2n) is 4.70. The molecule has 0 bridgehead atoms. The minimum Gasteiger partial charge on any atom is -0.373 e. The number of pyridine rings is 1. The number of aromatic amines is 1. The molecular weight excluding hydrogens is 391 g/mol. The fraction of sp³-hybridized carbons (Fsp3) is 0.273. The zero-order valence-corrected chi connectivity index (χ0v) is 14.3. The Bertz CT molecular complexity index is 876. The lowest BCUT2D eigenvalue weighted by Crippen LogP contribution is -2.17. The van der Waals surface area contributed by atoms with Gasteiger partial charge in [-0.25, -0.2) is 4.98 Å². The topological polar surface area (TPSA) is 139 Å². The largest absolute Gasteiger partial charge is 0.376 e.